The Bertz CT molecular complexity index is 587. The molecule has 0 aliphatic carbocycles. The van der Waals surface area contributed by atoms with Crippen molar-refractivity contribution < 1.29 is 0 Å². The number of aryl methyl sites for hydroxylation is 2. The number of nitrogens with zero attached hydrogens (tertiary/aromatic N) is 1. The third kappa shape index (κ3) is 3.50. The highest BCUT2D eigenvalue weighted by Gasteiger charge is 2.01. The highest BCUT2D eigenvalue weighted by molar-refractivity contribution is 7.71. The second-order valence-corrected chi connectivity index (χ2v) is 5.03. The standard InChI is InChI=1S/C15H18N2S/c1-3-5-13-10-15(18)17-14(16-13)9-12-7-4-6-11(2)8-12/h4,6-8,10H,3,5,9H2,1-2H3,(H,16,17,18). The number of benzene rings is 1. The van der Waals surface area contributed by atoms with Gasteiger partial charge in [-0.15, -0.1) is 0 Å². The van der Waals surface area contributed by atoms with Gasteiger partial charge in [0.2, 0.25) is 0 Å². The molecule has 0 aliphatic rings. The first kappa shape index (κ1) is 13.0. The lowest BCUT2D eigenvalue weighted by atomic mass is 10.1. The van der Waals surface area contributed by atoms with Crippen molar-refractivity contribution >= 4 is 12.2 Å². The minimum Gasteiger partial charge on any atom is -0.347 e. The van der Waals surface area contributed by atoms with Crippen molar-refractivity contribution in [2.75, 3.05) is 0 Å². The summed E-state index contributed by atoms with van der Waals surface area (Å²) in [5.41, 5.74) is 3.72. The number of hydrogen-bond acceptors (Lipinski definition) is 2. The fourth-order valence-electron chi connectivity index (χ4n) is 2.07. The van der Waals surface area contributed by atoms with E-state index in [0.717, 1.165) is 25.1 Å². The normalized spacial score (nSPS) is 10.6. The van der Waals surface area contributed by atoms with Crippen molar-refractivity contribution in [1.82, 2.24) is 9.97 Å². The molecule has 1 aromatic carbocycles. The molecule has 0 aliphatic heterocycles. The summed E-state index contributed by atoms with van der Waals surface area (Å²) < 4.78 is 0.680. The number of aromatic amines is 1. The quantitative estimate of drug-likeness (QED) is 0.840. The highest BCUT2D eigenvalue weighted by atomic mass is 32.1. The van der Waals surface area contributed by atoms with Gasteiger partial charge < -0.3 is 4.98 Å². The van der Waals surface area contributed by atoms with Crippen LogP contribution in [0, 0.1) is 11.6 Å². The fraction of sp³-hybridized carbons (Fsp3) is 0.333. The van der Waals surface area contributed by atoms with Crippen molar-refractivity contribution in [2.24, 2.45) is 0 Å². The van der Waals surface area contributed by atoms with Crippen molar-refractivity contribution in [3.05, 3.63) is 57.6 Å². The Kier molecular flexibility index (Phi) is 4.26. The number of rotatable bonds is 4. The van der Waals surface area contributed by atoms with Gasteiger partial charge in [-0.2, -0.15) is 0 Å². The van der Waals surface area contributed by atoms with Crippen LogP contribution in [0.4, 0.5) is 0 Å². The van der Waals surface area contributed by atoms with E-state index < -0.39 is 0 Å². The zero-order valence-corrected chi connectivity index (χ0v) is 11.7. The number of nitrogens with one attached hydrogen (secondary N) is 1. The molecule has 0 radical (unpaired) electrons. The molecule has 0 bridgehead atoms. The van der Waals surface area contributed by atoms with Crippen LogP contribution in [0.25, 0.3) is 0 Å². The first-order valence-corrected chi connectivity index (χ1v) is 6.73. The molecule has 3 heteroatoms. The van der Waals surface area contributed by atoms with Crippen LogP contribution in [0.5, 0.6) is 0 Å². The molecule has 0 saturated heterocycles. The average molecular weight is 258 g/mol. The van der Waals surface area contributed by atoms with Crippen LogP contribution in [-0.4, -0.2) is 9.97 Å². The van der Waals surface area contributed by atoms with E-state index >= 15 is 0 Å². The molecule has 94 valence electrons. The van der Waals surface area contributed by atoms with E-state index in [4.69, 9.17) is 12.2 Å². The van der Waals surface area contributed by atoms with E-state index in [1.807, 2.05) is 6.07 Å². The van der Waals surface area contributed by atoms with Gasteiger partial charge >= 0.3 is 0 Å². The monoisotopic (exact) mass is 258 g/mol. The van der Waals surface area contributed by atoms with Crippen LogP contribution >= 0.6 is 12.2 Å². The van der Waals surface area contributed by atoms with Gasteiger partial charge in [-0.05, 0) is 25.0 Å². The molecule has 0 fully saturated rings. The Morgan fingerprint density at radius 2 is 2.11 bits per heavy atom. The van der Waals surface area contributed by atoms with Crippen molar-refractivity contribution in [3.8, 4) is 0 Å². The molecule has 2 nitrogen and oxygen atoms in total. The molecular formula is C15H18N2S. The molecule has 0 amide bonds. The van der Waals surface area contributed by atoms with Gasteiger partial charge in [-0.1, -0.05) is 55.4 Å². The summed E-state index contributed by atoms with van der Waals surface area (Å²) in [6, 6.07) is 10.4. The van der Waals surface area contributed by atoms with E-state index in [1.54, 1.807) is 0 Å². The topological polar surface area (TPSA) is 28.7 Å². The Morgan fingerprint density at radius 1 is 1.28 bits per heavy atom. The maximum absolute atomic E-state index is 5.21. The minimum atomic E-state index is 0.680. The molecule has 2 rings (SSSR count). The van der Waals surface area contributed by atoms with Gasteiger partial charge in [-0.25, -0.2) is 4.98 Å². The van der Waals surface area contributed by atoms with Crippen LogP contribution in [-0.2, 0) is 12.8 Å². The van der Waals surface area contributed by atoms with Crippen LogP contribution in [0.3, 0.4) is 0 Å². The van der Waals surface area contributed by atoms with Crippen molar-refractivity contribution in [3.63, 3.8) is 0 Å². The summed E-state index contributed by atoms with van der Waals surface area (Å²) in [7, 11) is 0. The smallest absolute Gasteiger partial charge is 0.130 e. The van der Waals surface area contributed by atoms with E-state index in [1.165, 1.54) is 16.8 Å². The largest absolute Gasteiger partial charge is 0.347 e. The van der Waals surface area contributed by atoms with Crippen LogP contribution in [0.15, 0.2) is 30.3 Å². The lowest BCUT2D eigenvalue weighted by Gasteiger charge is -2.06. The molecule has 0 saturated carbocycles. The molecule has 18 heavy (non-hydrogen) atoms. The Balaban J connectivity index is 2.26. The minimum absolute atomic E-state index is 0.680. The zero-order valence-electron chi connectivity index (χ0n) is 10.9. The third-order valence-corrected chi connectivity index (χ3v) is 3.03. The van der Waals surface area contributed by atoms with Crippen LogP contribution in [0.1, 0.15) is 36.0 Å². The summed E-state index contributed by atoms with van der Waals surface area (Å²) in [4.78, 5) is 7.78. The molecule has 1 N–H and O–H groups in total. The third-order valence-electron chi connectivity index (χ3n) is 2.82. The highest BCUT2D eigenvalue weighted by Crippen LogP contribution is 2.09. The fourth-order valence-corrected chi connectivity index (χ4v) is 2.32. The summed E-state index contributed by atoms with van der Waals surface area (Å²) in [6.45, 7) is 4.27. The predicted octanol–water partition coefficient (Wildman–Crippen LogP) is 3.99. The van der Waals surface area contributed by atoms with Crippen molar-refractivity contribution in [1.29, 1.82) is 0 Å². The molecule has 0 atom stereocenters. The van der Waals surface area contributed by atoms with E-state index in [9.17, 15) is 0 Å². The molecule has 1 aromatic heterocycles. The summed E-state index contributed by atoms with van der Waals surface area (Å²) >= 11 is 5.21. The SMILES string of the molecule is CCCc1cc(=S)nc(Cc2cccc(C)c2)[nH]1. The van der Waals surface area contributed by atoms with E-state index in [-0.39, 0.29) is 0 Å². The second-order valence-electron chi connectivity index (χ2n) is 4.61. The first-order chi connectivity index (χ1) is 8.67. The zero-order chi connectivity index (χ0) is 13.0. The Labute approximate surface area is 113 Å². The Hall–Kier alpha value is -1.48. The maximum Gasteiger partial charge on any atom is 0.130 e. The lowest BCUT2D eigenvalue weighted by Crippen LogP contribution is -2.01. The average Bonchev–Trinajstić information content (AvgIpc) is 2.28. The number of aromatic nitrogens is 2. The van der Waals surface area contributed by atoms with Gasteiger partial charge in [0.05, 0.1) is 0 Å². The molecule has 0 unspecified atom stereocenters. The van der Waals surface area contributed by atoms with Crippen molar-refractivity contribution in [2.45, 2.75) is 33.1 Å². The van der Waals surface area contributed by atoms with E-state index in [0.29, 0.717) is 4.64 Å². The number of H-pyrrole nitrogens is 1. The van der Waals surface area contributed by atoms with Gasteiger partial charge in [0, 0.05) is 12.1 Å². The van der Waals surface area contributed by atoms with Gasteiger partial charge in [0.1, 0.15) is 10.5 Å². The van der Waals surface area contributed by atoms with E-state index in [2.05, 4.69) is 48.1 Å². The molecule has 1 heterocycles. The summed E-state index contributed by atoms with van der Waals surface area (Å²) in [5.74, 6) is 0.955. The second kappa shape index (κ2) is 5.91. The lowest BCUT2D eigenvalue weighted by molar-refractivity contribution is 0.838. The first-order valence-electron chi connectivity index (χ1n) is 6.32. The van der Waals surface area contributed by atoms with Crippen LogP contribution < -0.4 is 0 Å². The molecule has 0 spiro atoms. The van der Waals surface area contributed by atoms with Crippen LogP contribution in [0.2, 0.25) is 0 Å². The molecule has 2 aromatic rings. The Morgan fingerprint density at radius 3 is 2.83 bits per heavy atom. The molecular weight excluding hydrogens is 240 g/mol. The van der Waals surface area contributed by atoms with Gasteiger partial charge in [0.25, 0.3) is 0 Å². The summed E-state index contributed by atoms with van der Waals surface area (Å²) in [6.07, 6.45) is 2.94. The number of hydrogen-bond donors (Lipinski definition) is 1. The predicted molar refractivity (Wildman–Crippen MR) is 77.4 cm³/mol. The van der Waals surface area contributed by atoms with Gasteiger partial charge in [0.15, 0.2) is 0 Å². The van der Waals surface area contributed by atoms with Gasteiger partial charge in [-0.3, -0.25) is 0 Å². The summed E-state index contributed by atoms with van der Waals surface area (Å²) in [5, 5.41) is 0. The maximum atomic E-state index is 5.21.